The summed E-state index contributed by atoms with van der Waals surface area (Å²) >= 11 is 0. The van der Waals surface area contributed by atoms with E-state index in [4.69, 9.17) is 9.47 Å². The molecule has 0 aliphatic carbocycles. The first-order chi connectivity index (χ1) is 8.76. The summed E-state index contributed by atoms with van der Waals surface area (Å²) in [7, 11) is 5.49. The van der Waals surface area contributed by atoms with Crippen LogP contribution in [0, 0.1) is 0 Å². The van der Waals surface area contributed by atoms with Crippen molar-refractivity contribution in [3.63, 3.8) is 0 Å². The highest BCUT2D eigenvalue weighted by molar-refractivity contribution is 5.34. The molecule has 1 rings (SSSR count). The third-order valence-corrected chi connectivity index (χ3v) is 3.33. The number of hydrogen-bond acceptors (Lipinski definition) is 3. The molecule has 0 saturated carbocycles. The van der Waals surface area contributed by atoms with Gasteiger partial charge in [0.05, 0.1) is 13.2 Å². The molecule has 0 amide bonds. The van der Waals surface area contributed by atoms with Gasteiger partial charge in [0.2, 0.25) is 0 Å². The molecule has 0 aromatic heterocycles. The Morgan fingerprint density at radius 3 is 2.50 bits per heavy atom. The van der Waals surface area contributed by atoms with Gasteiger partial charge in [0.15, 0.2) is 0 Å². The number of methoxy groups -OCH3 is 2. The topological polar surface area (TPSA) is 30.5 Å². The van der Waals surface area contributed by atoms with Crippen LogP contribution in [0.15, 0.2) is 24.3 Å². The molecule has 0 fully saturated rings. The molecular weight excluding hydrogens is 226 g/mol. The minimum absolute atomic E-state index is 0.241. The van der Waals surface area contributed by atoms with Crippen molar-refractivity contribution in [3.8, 4) is 5.75 Å². The minimum Gasteiger partial charge on any atom is -0.496 e. The van der Waals surface area contributed by atoms with Crippen LogP contribution in [0.3, 0.4) is 0 Å². The average molecular weight is 251 g/mol. The standard InChI is InChI=1S/C15H25NO2/c1-5-8-15(18-4)13(16-2)11-12-9-6-7-10-14(12)17-3/h6-7,9-10,13,15-16H,5,8,11H2,1-4H3. The van der Waals surface area contributed by atoms with E-state index in [-0.39, 0.29) is 6.10 Å². The minimum atomic E-state index is 0.241. The molecule has 0 bridgehead atoms. The highest BCUT2D eigenvalue weighted by Crippen LogP contribution is 2.21. The Balaban J connectivity index is 2.78. The second-order valence-corrected chi connectivity index (χ2v) is 4.47. The molecule has 1 aromatic carbocycles. The van der Waals surface area contributed by atoms with Crippen LogP contribution in [-0.2, 0) is 11.2 Å². The number of nitrogens with one attached hydrogen (secondary N) is 1. The SMILES string of the molecule is CCCC(OC)C(Cc1ccccc1OC)NC. The van der Waals surface area contributed by atoms with Gasteiger partial charge in [-0.1, -0.05) is 31.5 Å². The van der Waals surface area contributed by atoms with Gasteiger partial charge in [-0.3, -0.25) is 0 Å². The number of benzene rings is 1. The summed E-state index contributed by atoms with van der Waals surface area (Å²) in [4.78, 5) is 0. The van der Waals surface area contributed by atoms with Crippen molar-refractivity contribution in [3.05, 3.63) is 29.8 Å². The highest BCUT2D eigenvalue weighted by atomic mass is 16.5. The maximum atomic E-state index is 5.59. The Morgan fingerprint density at radius 1 is 1.22 bits per heavy atom. The van der Waals surface area contributed by atoms with Gasteiger partial charge in [-0.2, -0.15) is 0 Å². The van der Waals surface area contributed by atoms with Crippen LogP contribution in [0.5, 0.6) is 5.75 Å². The van der Waals surface area contributed by atoms with Gasteiger partial charge >= 0.3 is 0 Å². The van der Waals surface area contributed by atoms with E-state index in [1.807, 2.05) is 25.2 Å². The zero-order chi connectivity index (χ0) is 13.4. The molecule has 3 nitrogen and oxygen atoms in total. The molecule has 0 heterocycles. The fourth-order valence-electron chi connectivity index (χ4n) is 2.30. The number of ether oxygens (including phenoxy) is 2. The van der Waals surface area contributed by atoms with E-state index in [9.17, 15) is 0 Å². The van der Waals surface area contributed by atoms with Crippen LogP contribution in [0.4, 0.5) is 0 Å². The van der Waals surface area contributed by atoms with Gasteiger partial charge in [0, 0.05) is 13.2 Å². The zero-order valence-corrected chi connectivity index (χ0v) is 11.9. The molecule has 2 atom stereocenters. The first-order valence-electron chi connectivity index (χ1n) is 6.58. The lowest BCUT2D eigenvalue weighted by Crippen LogP contribution is -2.40. The third-order valence-electron chi connectivity index (χ3n) is 3.33. The quantitative estimate of drug-likeness (QED) is 0.770. The fraction of sp³-hybridized carbons (Fsp3) is 0.600. The van der Waals surface area contributed by atoms with Crippen LogP contribution >= 0.6 is 0 Å². The number of hydrogen-bond donors (Lipinski definition) is 1. The predicted molar refractivity (Wildman–Crippen MR) is 75.3 cm³/mol. The van der Waals surface area contributed by atoms with Crippen LogP contribution in [-0.4, -0.2) is 33.4 Å². The molecular formula is C15H25NO2. The van der Waals surface area contributed by atoms with Crippen molar-refractivity contribution in [2.45, 2.75) is 38.3 Å². The summed E-state index contributed by atoms with van der Waals surface area (Å²) < 4.78 is 11.0. The van der Waals surface area contributed by atoms with Crippen LogP contribution in [0.25, 0.3) is 0 Å². The van der Waals surface area contributed by atoms with E-state index < -0.39 is 0 Å². The van der Waals surface area contributed by atoms with Crippen molar-refractivity contribution >= 4 is 0 Å². The van der Waals surface area contributed by atoms with Gasteiger partial charge in [-0.25, -0.2) is 0 Å². The molecule has 0 spiro atoms. The second kappa shape index (κ2) is 8.11. The first kappa shape index (κ1) is 15.0. The smallest absolute Gasteiger partial charge is 0.122 e. The third kappa shape index (κ3) is 4.00. The second-order valence-electron chi connectivity index (χ2n) is 4.47. The van der Waals surface area contributed by atoms with Crippen molar-refractivity contribution in [2.24, 2.45) is 0 Å². The summed E-state index contributed by atoms with van der Waals surface area (Å²) in [6.07, 6.45) is 3.35. The Bertz CT molecular complexity index is 341. The Labute approximate surface area is 110 Å². The largest absolute Gasteiger partial charge is 0.496 e. The van der Waals surface area contributed by atoms with E-state index in [2.05, 4.69) is 18.3 Å². The van der Waals surface area contributed by atoms with E-state index in [1.165, 1.54) is 5.56 Å². The molecule has 0 saturated heterocycles. The summed E-state index contributed by atoms with van der Waals surface area (Å²) in [6.45, 7) is 2.18. The lowest BCUT2D eigenvalue weighted by atomic mass is 9.98. The molecule has 102 valence electrons. The predicted octanol–water partition coefficient (Wildman–Crippen LogP) is 2.64. The number of likely N-dealkylation sites (N-methyl/N-ethyl adjacent to an activating group) is 1. The summed E-state index contributed by atoms with van der Waals surface area (Å²) in [5.74, 6) is 0.948. The van der Waals surface area contributed by atoms with Gasteiger partial charge in [0.1, 0.15) is 5.75 Å². The molecule has 0 radical (unpaired) electrons. The van der Waals surface area contributed by atoms with Gasteiger partial charge in [0.25, 0.3) is 0 Å². The van der Waals surface area contributed by atoms with E-state index >= 15 is 0 Å². The van der Waals surface area contributed by atoms with Crippen molar-refractivity contribution in [1.29, 1.82) is 0 Å². The molecule has 2 unspecified atom stereocenters. The molecule has 1 aromatic rings. The summed E-state index contributed by atoms with van der Waals surface area (Å²) in [5, 5.41) is 3.36. The van der Waals surface area contributed by atoms with Crippen molar-refractivity contribution in [2.75, 3.05) is 21.3 Å². The van der Waals surface area contributed by atoms with E-state index in [1.54, 1.807) is 14.2 Å². The molecule has 18 heavy (non-hydrogen) atoms. The summed E-state index contributed by atoms with van der Waals surface area (Å²) in [5.41, 5.74) is 1.22. The van der Waals surface area contributed by atoms with Gasteiger partial charge in [-0.15, -0.1) is 0 Å². The van der Waals surface area contributed by atoms with Gasteiger partial charge in [-0.05, 0) is 31.5 Å². The first-order valence-corrected chi connectivity index (χ1v) is 6.58. The molecule has 3 heteroatoms. The molecule has 0 aliphatic heterocycles. The highest BCUT2D eigenvalue weighted by Gasteiger charge is 2.20. The van der Waals surface area contributed by atoms with Crippen molar-refractivity contribution in [1.82, 2.24) is 5.32 Å². The van der Waals surface area contributed by atoms with Gasteiger partial charge < -0.3 is 14.8 Å². The lowest BCUT2D eigenvalue weighted by molar-refractivity contribution is 0.0631. The Hall–Kier alpha value is -1.06. The maximum Gasteiger partial charge on any atom is 0.122 e. The molecule has 0 aliphatic rings. The van der Waals surface area contributed by atoms with Crippen molar-refractivity contribution < 1.29 is 9.47 Å². The fourth-order valence-corrected chi connectivity index (χ4v) is 2.30. The maximum absolute atomic E-state index is 5.59. The zero-order valence-electron chi connectivity index (χ0n) is 11.9. The Morgan fingerprint density at radius 2 is 1.94 bits per heavy atom. The van der Waals surface area contributed by atoms with E-state index in [0.717, 1.165) is 25.0 Å². The lowest BCUT2D eigenvalue weighted by Gasteiger charge is -2.26. The Kier molecular flexibility index (Phi) is 6.76. The average Bonchev–Trinajstić information content (AvgIpc) is 2.43. The van der Waals surface area contributed by atoms with Crippen LogP contribution < -0.4 is 10.1 Å². The number of para-hydroxylation sites is 1. The normalized spacial score (nSPS) is 14.2. The van der Waals surface area contributed by atoms with Crippen LogP contribution in [0.2, 0.25) is 0 Å². The monoisotopic (exact) mass is 251 g/mol. The summed E-state index contributed by atoms with van der Waals surface area (Å²) in [6, 6.07) is 8.47. The van der Waals surface area contributed by atoms with E-state index in [0.29, 0.717) is 6.04 Å². The molecule has 1 N–H and O–H groups in total. The van der Waals surface area contributed by atoms with Crippen LogP contribution in [0.1, 0.15) is 25.3 Å². The number of rotatable bonds is 8.